The molecule has 0 unspecified atom stereocenters. The number of hydrogen-bond donors (Lipinski definition) is 0. The van der Waals surface area contributed by atoms with Crippen molar-refractivity contribution in [2.24, 2.45) is 0 Å². The maximum atomic E-state index is 5.47. The Balaban J connectivity index is 1.65. The molecule has 0 saturated heterocycles. The molecule has 0 atom stereocenters. The van der Waals surface area contributed by atoms with Crippen molar-refractivity contribution in [2.45, 2.75) is 25.7 Å². The summed E-state index contributed by atoms with van der Waals surface area (Å²) >= 11 is 0. The van der Waals surface area contributed by atoms with Gasteiger partial charge in [-0.15, -0.1) is 10.2 Å². The molecule has 2 heterocycles. The predicted octanol–water partition coefficient (Wildman–Crippen LogP) is 6.01. The van der Waals surface area contributed by atoms with Crippen molar-refractivity contribution in [3.8, 4) is 17.3 Å². The molecule has 0 fully saturated rings. The normalized spacial score (nSPS) is 15.4. The molecule has 0 saturated carbocycles. The minimum atomic E-state index is 0.827. The van der Waals surface area contributed by atoms with Crippen LogP contribution in [0.5, 0.6) is 0 Å². The fourth-order valence-electron chi connectivity index (χ4n) is 4.83. The Morgan fingerprint density at radius 3 is 2.50 bits per heavy atom. The first-order valence-corrected chi connectivity index (χ1v) is 11.1. The molecule has 158 valence electrons. The predicted molar refractivity (Wildman–Crippen MR) is 128 cm³/mol. The lowest BCUT2D eigenvalue weighted by Gasteiger charge is -2.19. The van der Waals surface area contributed by atoms with E-state index in [1.54, 1.807) is 7.11 Å². The van der Waals surface area contributed by atoms with Gasteiger partial charge in [-0.2, -0.15) is 0 Å². The van der Waals surface area contributed by atoms with Gasteiger partial charge in [0, 0.05) is 23.1 Å². The van der Waals surface area contributed by atoms with E-state index in [9.17, 15) is 0 Å². The topological polar surface area (TPSA) is 44.9 Å². The van der Waals surface area contributed by atoms with Gasteiger partial charge in [0.1, 0.15) is 0 Å². The zero-order chi connectivity index (χ0) is 21.5. The number of ether oxygens (including phenoxy) is 1. The van der Waals surface area contributed by atoms with E-state index in [0.29, 0.717) is 0 Å². The Labute approximate surface area is 187 Å². The third kappa shape index (κ3) is 2.93. The summed E-state index contributed by atoms with van der Waals surface area (Å²) < 4.78 is 9.96. The van der Waals surface area contributed by atoms with E-state index in [0.717, 1.165) is 54.5 Å². The largest absolute Gasteiger partial charge is 0.501 e. The van der Waals surface area contributed by atoms with Crippen LogP contribution >= 0.6 is 0 Å². The minimum Gasteiger partial charge on any atom is -0.501 e. The average Bonchev–Trinajstić information content (AvgIpc) is 3.44. The number of allylic oxidation sites excluding steroid dienone is 5. The van der Waals surface area contributed by atoms with Gasteiger partial charge in [-0.25, -0.2) is 0 Å². The van der Waals surface area contributed by atoms with E-state index < -0.39 is 0 Å². The summed E-state index contributed by atoms with van der Waals surface area (Å²) in [4.78, 5) is 0. The number of rotatable bonds is 4. The van der Waals surface area contributed by atoms with E-state index in [1.165, 1.54) is 22.2 Å². The number of hydrogen-bond acceptors (Lipinski definition) is 3. The minimum absolute atomic E-state index is 0.827. The molecule has 4 aromatic rings. The molecule has 0 amide bonds. The summed E-state index contributed by atoms with van der Waals surface area (Å²) in [7, 11) is 1.73. The molecule has 0 spiro atoms. The highest BCUT2D eigenvalue weighted by Gasteiger charge is 2.25. The highest BCUT2D eigenvalue weighted by atomic mass is 16.5. The SMILES string of the molecule is COC1=CC=C(n2c(-c3ccccc3)nnc2-n2c3c(c4ccccc42)CCC=C3)CC1. The molecule has 2 aromatic carbocycles. The van der Waals surface area contributed by atoms with Crippen LogP contribution < -0.4 is 0 Å². The highest BCUT2D eigenvalue weighted by Crippen LogP contribution is 2.36. The first-order chi connectivity index (χ1) is 15.8. The Morgan fingerprint density at radius 2 is 1.69 bits per heavy atom. The van der Waals surface area contributed by atoms with Gasteiger partial charge in [0.25, 0.3) is 0 Å². The number of para-hydroxylation sites is 1. The number of methoxy groups -OCH3 is 1. The van der Waals surface area contributed by atoms with Crippen LogP contribution in [0.25, 0.3) is 40.0 Å². The van der Waals surface area contributed by atoms with Gasteiger partial charge in [-0.1, -0.05) is 54.6 Å². The fraction of sp³-hybridized carbons (Fsp3) is 0.185. The molecule has 2 aliphatic carbocycles. The molecule has 0 radical (unpaired) electrons. The first-order valence-electron chi connectivity index (χ1n) is 11.1. The van der Waals surface area contributed by atoms with E-state index >= 15 is 0 Å². The lowest BCUT2D eigenvalue weighted by molar-refractivity contribution is 0.277. The first kappa shape index (κ1) is 18.9. The molecule has 0 aliphatic heterocycles. The van der Waals surface area contributed by atoms with Gasteiger partial charge < -0.3 is 4.74 Å². The number of aromatic nitrogens is 4. The second kappa shape index (κ2) is 7.68. The summed E-state index contributed by atoms with van der Waals surface area (Å²) in [5.74, 6) is 2.68. The lowest BCUT2D eigenvalue weighted by atomic mass is 10.0. The van der Waals surface area contributed by atoms with E-state index in [2.05, 4.69) is 74.9 Å². The van der Waals surface area contributed by atoms with Gasteiger partial charge in [-0.3, -0.25) is 9.13 Å². The summed E-state index contributed by atoms with van der Waals surface area (Å²) in [6.07, 6.45) is 12.5. The highest BCUT2D eigenvalue weighted by molar-refractivity contribution is 5.90. The smallest absolute Gasteiger partial charge is 0.241 e. The maximum absolute atomic E-state index is 5.47. The molecular weight excluding hydrogens is 396 g/mol. The zero-order valence-electron chi connectivity index (χ0n) is 18.0. The average molecular weight is 421 g/mol. The zero-order valence-corrected chi connectivity index (χ0v) is 18.0. The van der Waals surface area contributed by atoms with Crippen LogP contribution in [0, 0.1) is 0 Å². The van der Waals surface area contributed by atoms with Crippen LogP contribution in [0.1, 0.15) is 30.5 Å². The van der Waals surface area contributed by atoms with Gasteiger partial charge in [0.15, 0.2) is 5.82 Å². The molecule has 2 aliphatic rings. The Morgan fingerprint density at radius 1 is 0.844 bits per heavy atom. The lowest BCUT2D eigenvalue weighted by Crippen LogP contribution is -2.11. The van der Waals surface area contributed by atoms with Gasteiger partial charge in [-0.05, 0) is 49.1 Å². The van der Waals surface area contributed by atoms with E-state index in [-0.39, 0.29) is 0 Å². The quantitative estimate of drug-likeness (QED) is 0.406. The van der Waals surface area contributed by atoms with Crippen molar-refractivity contribution in [1.82, 2.24) is 19.3 Å². The van der Waals surface area contributed by atoms with Crippen molar-refractivity contribution < 1.29 is 4.74 Å². The maximum Gasteiger partial charge on any atom is 0.241 e. The van der Waals surface area contributed by atoms with E-state index in [4.69, 9.17) is 9.84 Å². The number of benzene rings is 2. The van der Waals surface area contributed by atoms with Crippen LogP contribution in [0.15, 0.2) is 78.6 Å². The van der Waals surface area contributed by atoms with Crippen molar-refractivity contribution >= 4 is 22.7 Å². The Bertz CT molecular complexity index is 1400. The summed E-state index contributed by atoms with van der Waals surface area (Å²) in [5.41, 5.74) is 5.97. The molecule has 5 heteroatoms. The van der Waals surface area contributed by atoms with Crippen LogP contribution in [-0.4, -0.2) is 26.4 Å². The standard InChI is InChI=1S/C27H24N4O/c1-32-21-17-15-20(16-18-21)30-26(19-9-3-2-4-10-19)28-29-27(30)31-24-13-7-5-11-22(24)23-12-6-8-14-25(23)31/h2-5,7-11,13-15,17H,6,12,16,18H2,1H3. The molecule has 0 N–H and O–H groups in total. The second-order valence-electron chi connectivity index (χ2n) is 8.18. The van der Waals surface area contributed by atoms with E-state index in [1.807, 2.05) is 18.2 Å². The van der Waals surface area contributed by atoms with Crippen molar-refractivity contribution in [3.63, 3.8) is 0 Å². The van der Waals surface area contributed by atoms with Gasteiger partial charge >= 0.3 is 0 Å². The van der Waals surface area contributed by atoms with Crippen molar-refractivity contribution in [3.05, 3.63) is 89.8 Å². The molecule has 2 aromatic heterocycles. The van der Waals surface area contributed by atoms with Crippen LogP contribution in [-0.2, 0) is 11.2 Å². The summed E-state index contributed by atoms with van der Waals surface area (Å²) in [6, 6.07) is 18.9. The third-order valence-corrected chi connectivity index (χ3v) is 6.37. The molecule has 0 bridgehead atoms. The number of nitrogens with zero attached hydrogens (tertiary/aromatic N) is 4. The molecule has 5 nitrogen and oxygen atoms in total. The van der Waals surface area contributed by atoms with Crippen LogP contribution in [0.4, 0.5) is 0 Å². The molecule has 6 rings (SSSR count). The van der Waals surface area contributed by atoms with Gasteiger partial charge in [0.05, 0.1) is 24.1 Å². The number of fused-ring (bicyclic) bond motifs is 3. The summed E-state index contributed by atoms with van der Waals surface area (Å²) in [6.45, 7) is 0. The number of aryl methyl sites for hydroxylation is 1. The van der Waals surface area contributed by atoms with Crippen molar-refractivity contribution in [2.75, 3.05) is 7.11 Å². The van der Waals surface area contributed by atoms with Gasteiger partial charge in [0.2, 0.25) is 5.95 Å². The van der Waals surface area contributed by atoms with Crippen LogP contribution in [0.2, 0.25) is 0 Å². The molecular formula is C27H24N4O. The van der Waals surface area contributed by atoms with Crippen LogP contribution in [0.3, 0.4) is 0 Å². The Hall–Kier alpha value is -3.86. The third-order valence-electron chi connectivity index (χ3n) is 6.37. The molecule has 32 heavy (non-hydrogen) atoms. The summed E-state index contributed by atoms with van der Waals surface area (Å²) in [5, 5.41) is 10.7. The second-order valence-corrected chi connectivity index (χ2v) is 8.18. The monoisotopic (exact) mass is 420 g/mol. The fourth-order valence-corrected chi connectivity index (χ4v) is 4.83. The Kier molecular flexibility index (Phi) is 4.53. The van der Waals surface area contributed by atoms with Crippen molar-refractivity contribution in [1.29, 1.82) is 0 Å².